The topological polar surface area (TPSA) is 102 Å². The number of nitrogens with two attached hydrogens (primary N) is 1. The van der Waals surface area contributed by atoms with Gasteiger partial charge in [0.1, 0.15) is 0 Å². The molecule has 0 heterocycles. The van der Waals surface area contributed by atoms with Gasteiger partial charge in [-0.3, -0.25) is 4.79 Å². The standard InChI is InChI=1S/C13H18N2O4/c1-3-19-11(16)4-5-15-9-6-8(2)12(14)10(7-9)13(17)18/h6-7,15H,3-5,14H2,1-2H3,(H,17,18). The Hall–Kier alpha value is -2.24. The van der Waals surface area contributed by atoms with Gasteiger partial charge in [-0.1, -0.05) is 0 Å². The number of carbonyl (C=O) groups is 2. The Morgan fingerprint density at radius 3 is 2.68 bits per heavy atom. The largest absolute Gasteiger partial charge is 0.478 e. The Kier molecular flexibility index (Phi) is 5.17. The first kappa shape index (κ1) is 14.8. The van der Waals surface area contributed by atoms with E-state index in [0.29, 0.717) is 24.4 Å². The molecule has 0 radical (unpaired) electrons. The Labute approximate surface area is 111 Å². The van der Waals surface area contributed by atoms with Gasteiger partial charge in [0.05, 0.1) is 18.6 Å². The van der Waals surface area contributed by atoms with Crippen LogP contribution < -0.4 is 11.1 Å². The van der Waals surface area contributed by atoms with Crippen LogP contribution in [-0.2, 0) is 9.53 Å². The molecular formula is C13H18N2O4. The lowest BCUT2D eigenvalue weighted by molar-refractivity contribution is -0.142. The van der Waals surface area contributed by atoms with Crippen molar-refractivity contribution in [3.05, 3.63) is 23.3 Å². The van der Waals surface area contributed by atoms with Crippen LogP contribution in [0.4, 0.5) is 11.4 Å². The number of hydrogen-bond donors (Lipinski definition) is 3. The first-order valence-electron chi connectivity index (χ1n) is 5.98. The van der Waals surface area contributed by atoms with Crippen molar-refractivity contribution in [2.24, 2.45) is 0 Å². The summed E-state index contributed by atoms with van der Waals surface area (Å²) in [5.41, 5.74) is 7.29. The van der Waals surface area contributed by atoms with Gasteiger partial charge >= 0.3 is 11.9 Å². The van der Waals surface area contributed by atoms with Crippen molar-refractivity contribution in [1.29, 1.82) is 0 Å². The highest BCUT2D eigenvalue weighted by Gasteiger charge is 2.11. The summed E-state index contributed by atoms with van der Waals surface area (Å²) in [5, 5.41) is 12.0. The molecule has 0 fully saturated rings. The highest BCUT2D eigenvalue weighted by molar-refractivity contribution is 5.95. The fourth-order valence-electron chi connectivity index (χ4n) is 1.62. The lowest BCUT2D eigenvalue weighted by Gasteiger charge is -2.11. The molecule has 0 unspecified atom stereocenters. The average Bonchev–Trinajstić information content (AvgIpc) is 2.33. The van der Waals surface area contributed by atoms with Crippen molar-refractivity contribution < 1.29 is 19.4 Å². The van der Waals surface area contributed by atoms with Gasteiger partial charge in [0.2, 0.25) is 0 Å². The summed E-state index contributed by atoms with van der Waals surface area (Å²) in [4.78, 5) is 22.2. The molecule has 0 aromatic heterocycles. The summed E-state index contributed by atoms with van der Waals surface area (Å²) in [6.07, 6.45) is 0.222. The molecule has 1 aromatic rings. The summed E-state index contributed by atoms with van der Waals surface area (Å²) in [7, 11) is 0. The first-order valence-corrected chi connectivity index (χ1v) is 5.98. The SMILES string of the molecule is CCOC(=O)CCNc1cc(C)c(N)c(C(=O)O)c1. The monoisotopic (exact) mass is 266 g/mol. The smallest absolute Gasteiger partial charge is 0.337 e. The molecule has 19 heavy (non-hydrogen) atoms. The van der Waals surface area contributed by atoms with Crippen LogP contribution in [0.2, 0.25) is 0 Å². The number of rotatable bonds is 6. The Morgan fingerprint density at radius 2 is 2.11 bits per heavy atom. The molecule has 0 bridgehead atoms. The predicted molar refractivity (Wildman–Crippen MR) is 72.3 cm³/mol. The molecule has 1 rings (SSSR count). The number of benzene rings is 1. The molecule has 0 aliphatic rings. The molecule has 1 aromatic carbocycles. The average molecular weight is 266 g/mol. The van der Waals surface area contributed by atoms with Crippen molar-refractivity contribution in [1.82, 2.24) is 0 Å². The molecular weight excluding hydrogens is 248 g/mol. The maximum absolute atomic E-state index is 11.2. The van der Waals surface area contributed by atoms with E-state index in [0.717, 1.165) is 0 Å². The number of nitrogens with one attached hydrogen (secondary N) is 1. The van der Waals surface area contributed by atoms with E-state index in [2.05, 4.69) is 5.32 Å². The molecule has 0 amide bonds. The molecule has 6 nitrogen and oxygen atoms in total. The van der Waals surface area contributed by atoms with E-state index >= 15 is 0 Å². The lowest BCUT2D eigenvalue weighted by atomic mass is 10.1. The van der Waals surface area contributed by atoms with Gasteiger partial charge in [-0.15, -0.1) is 0 Å². The molecule has 0 aliphatic heterocycles. The van der Waals surface area contributed by atoms with Gasteiger partial charge in [-0.25, -0.2) is 4.79 Å². The van der Waals surface area contributed by atoms with E-state index in [1.54, 1.807) is 19.9 Å². The number of carboxylic acid groups (broad SMARTS) is 1. The van der Waals surface area contributed by atoms with Crippen LogP contribution in [0.5, 0.6) is 0 Å². The fourth-order valence-corrected chi connectivity index (χ4v) is 1.62. The van der Waals surface area contributed by atoms with E-state index in [1.165, 1.54) is 6.07 Å². The highest BCUT2D eigenvalue weighted by atomic mass is 16.5. The van der Waals surface area contributed by atoms with Gasteiger partial charge in [0, 0.05) is 17.9 Å². The molecule has 104 valence electrons. The van der Waals surface area contributed by atoms with Gasteiger partial charge in [0.25, 0.3) is 0 Å². The zero-order valence-electron chi connectivity index (χ0n) is 11.0. The number of esters is 1. The lowest BCUT2D eigenvalue weighted by Crippen LogP contribution is -2.12. The second kappa shape index (κ2) is 6.63. The second-order valence-corrected chi connectivity index (χ2v) is 4.04. The molecule has 0 aliphatic carbocycles. The molecule has 0 atom stereocenters. The normalized spacial score (nSPS) is 10.0. The minimum absolute atomic E-state index is 0.0543. The third kappa shape index (κ3) is 4.17. The van der Waals surface area contributed by atoms with Crippen LogP contribution in [0.25, 0.3) is 0 Å². The number of anilines is 2. The quantitative estimate of drug-likeness (QED) is 0.534. The Balaban J connectivity index is 2.69. The van der Waals surface area contributed by atoms with Crippen molar-refractivity contribution in [3.8, 4) is 0 Å². The zero-order chi connectivity index (χ0) is 14.4. The maximum Gasteiger partial charge on any atom is 0.337 e. The Bertz CT molecular complexity index is 486. The van der Waals surface area contributed by atoms with Crippen molar-refractivity contribution >= 4 is 23.3 Å². The summed E-state index contributed by atoms with van der Waals surface area (Å²) in [6.45, 7) is 4.20. The van der Waals surface area contributed by atoms with Gasteiger partial charge in [0.15, 0.2) is 0 Å². The third-order valence-corrected chi connectivity index (χ3v) is 2.58. The minimum atomic E-state index is -1.07. The number of carbonyl (C=O) groups excluding carboxylic acids is 1. The van der Waals surface area contributed by atoms with Crippen LogP contribution in [0.15, 0.2) is 12.1 Å². The second-order valence-electron chi connectivity index (χ2n) is 4.04. The molecule has 0 saturated heterocycles. The maximum atomic E-state index is 11.2. The number of hydrogen-bond acceptors (Lipinski definition) is 5. The molecule has 4 N–H and O–H groups in total. The fraction of sp³-hybridized carbons (Fsp3) is 0.385. The predicted octanol–water partition coefficient (Wildman–Crippen LogP) is 1.64. The van der Waals surface area contributed by atoms with E-state index < -0.39 is 5.97 Å². The van der Waals surface area contributed by atoms with Crippen LogP contribution in [-0.4, -0.2) is 30.2 Å². The third-order valence-electron chi connectivity index (χ3n) is 2.58. The van der Waals surface area contributed by atoms with Crippen LogP contribution in [0, 0.1) is 6.92 Å². The van der Waals surface area contributed by atoms with E-state index in [-0.39, 0.29) is 23.6 Å². The van der Waals surface area contributed by atoms with Crippen LogP contribution >= 0.6 is 0 Å². The molecule has 0 saturated carbocycles. The zero-order valence-corrected chi connectivity index (χ0v) is 11.0. The van der Waals surface area contributed by atoms with Crippen molar-refractivity contribution in [3.63, 3.8) is 0 Å². The van der Waals surface area contributed by atoms with Gasteiger partial charge < -0.3 is 20.9 Å². The number of ether oxygens (including phenoxy) is 1. The summed E-state index contributed by atoms with van der Waals surface area (Å²) in [6, 6.07) is 3.20. The molecule has 6 heteroatoms. The van der Waals surface area contributed by atoms with Crippen LogP contribution in [0.1, 0.15) is 29.3 Å². The summed E-state index contributed by atoms with van der Waals surface area (Å²) >= 11 is 0. The minimum Gasteiger partial charge on any atom is -0.478 e. The summed E-state index contributed by atoms with van der Waals surface area (Å²) in [5.74, 6) is -1.37. The number of aryl methyl sites for hydroxylation is 1. The van der Waals surface area contributed by atoms with Crippen molar-refractivity contribution in [2.75, 3.05) is 24.2 Å². The van der Waals surface area contributed by atoms with E-state index in [4.69, 9.17) is 15.6 Å². The highest BCUT2D eigenvalue weighted by Crippen LogP contribution is 2.22. The number of aromatic carboxylic acids is 1. The number of nitrogen functional groups attached to an aromatic ring is 1. The number of carboxylic acids is 1. The first-order chi connectivity index (χ1) is 8.95. The van der Waals surface area contributed by atoms with Gasteiger partial charge in [-0.2, -0.15) is 0 Å². The molecule has 0 spiro atoms. The Morgan fingerprint density at radius 1 is 1.42 bits per heavy atom. The summed E-state index contributed by atoms with van der Waals surface area (Å²) < 4.78 is 4.79. The van der Waals surface area contributed by atoms with Crippen LogP contribution in [0.3, 0.4) is 0 Å². The van der Waals surface area contributed by atoms with Gasteiger partial charge in [-0.05, 0) is 31.5 Å². The van der Waals surface area contributed by atoms with E-state index in [1.807, 2.05) is 0 Å². The van der Waals surface area contributed by atoms with E-state index in [9.17, 15) is 9.59 Å². The van der Waals surface area contributed by atoms with Crippen molar-refractivity contribution in [2.45, 2.75) is 20.3 Å².